The number of anilines is 1. The molecule has 3 heterocycles. The summed E-state index contributed by atoms with van der Waals surface area (Å²) in [5.41, 5.74) is 9.74. The van der Waals surface area contributed by atoms with Crippen molar-refractivity contribution in [2.75, 3.05) is 37.8 Å². The smallest absolute Gasteiger partial charge is 0.163 e. The molecule has 1 aromatic heterocycles. The van der Waals surface area contributed by atoms with Crippen molar-refractivity contribution < 1.29 is 24.5 Å². The standard InChI is InChI=1S/C30H35N3O5/c1-19-4-6-20(7-5-19)27-28-22(29(2,31)18-38-28)17-26(32-27)30(3,36)11-10-24(35)21-8-9-23-25(16-21)37-15-13-33(23)12-14-34/h4-9,16-17,34,36H,10-15,18,31H2,1-3H3. The topological polar surface area (TPSA) is 118 Å². The Morgan fingerprint density at radius 2 is 1.95 bits per heavy atom. The summed E-state index contributed by atoms with van der Waals surface area (Å²) < 4.78 is 11.7. The number of carbonyl (C=O) groups is 1. The van der Waals surface area contributed by atoms with Gasteiger partial charge in [0.05, 0.1) is 30.1 Å². The summed E-state index contributed by atoms with van der Waals surface area (Å²) >= 11 is 0. The number of aryl methyl sites for hydroxylation is 1. The molecule has 3 aromatic rings. The number of aliphatic hydroxyl groups excluding tert-OH is 1. The van der Waals surface area contributed by atoms with Gasteiger partial charge in [-0.1, -0.05) is 29.8 Å². The maximum Gasteiger partial charge on any atom is 0.163 e. The molecule has 0 bridgehead atoms. The van der Waals surface area contributed by atoms with Crippen LogP contribution >= 0.6 is 0 Å². The second kappa shape index (κ2) is 10.0. The fourth-order valence-corrected chi connectivity index (χ4v) is 5.02. The highest BCUT2D eigenvalue weighted by molar-refractivity contribution is 5.97. The summed E-state index contributed by atoms with van der Waals surface area (Å²) in [6.07, 6.45) is 0.308. The van der Waals surface area contributed by atoms with Crippen LogP contribution in [0.3, 0.4) is 0 Å². The fourth-order valence-electron chi connectivity index (χ4n) is 5.02. The Bertz CT molecular complexity index is 1350. The van der Waals surface area contributed by atoms with Crippen molar-refractivity contribution in [2.45, 2.75) is 44.8 Å². The third-order valence-corrected chi connectivity index (χ3v) is 7.43. The molecule has 0 radical (unpaired) electrons. The van der Waals surface area contributed by atoms with Gasteiger partial charge >= 0.3 is 0 Å². The molecule has 2 unspecified atom stereocenters. The van der Waals surface area contributed by atoms with E-state index in [0.29, 0.717) is 54.8 Å². The van der Waals surface area contributed by atoms with Gasteiger partial charge in [-0.15, -0.1) is 0 Å². The predicted molar refractivity (Wildman–Crippen MR) is 146 cm³/mol. The molecule has 0 saturated carbocycles. The zero-order valence-corrected chi connectivity index (χ0v) is 22.2. The first-order chi connectivity index (χ1) is 18.1. The van der Waals surface area contributed by atoms with E-state index in [-0.39, 0.29) is 25.2 Å². The molecule has 8 heteroatoms. The molecule has 0 spiro atoms. The molecule has 4 N–H and O–H groups in total. The molecule has 2 aliphatic rings. The van der Waals surface area contributed by atoms with Gasteiger partial charge in [-0.2, -0.15) is 0 Å². The number of benzene rings is 2. The van der Waals surface area contributed by atoms with Gasteiger partial charge in [0.1, 0.15) is 30.3 Å². The summed E-state index contributed by atoms with van der Waals surface area (Å²) in [7, 11) is 0. The molecule has 2 aromatic carbocycles. The molecule has 0 fully saturated rings. The number of carbonyl (C=O) groups excluding carboxylic acids is 1. The first-order valence-corrected chi connectivity index (χ1v) is 13.0. The normalized spacial score (nSPS) is 19.7. The number of aliphatic hydroxyl groups is 2. The minimum absolute atomic E-state index is 0.0486. The van der Waals surface area contributed by atoms with Gasteiger partial charge < -0.3 is 30.3 Å². The summed E-state index contributed by atoms with van der Waals surface area (Å²) in [6.45, 7) is 7.67. The molecule has 2 aliphatic heterocycles. The van der Waals surface area contributed by atoms with Crippen LogP contribution in [-0.4, -0.2) is 53.9 Å². The highest BCUT2D eigenvalue weighted by Gasteiger charge is 2.38. The summed E-state index contributed by atoms with van der Waals surface area (Å²) in [6, 6.07) is 15.2. The fraction of sp³-hybridized carbons (Fsp3) is 0.400. The third kappa shape index (κ3) is 4.99. The van der Waals surface area contributed by atoms with Gasteiger partial charge in [-0.25, -0.2) is 4.98 Å². The van der Waals surface area contributed by atoms with Crippen LogP contribution in [0.2, 0.25) is 0 Å². The highest BCUT2D eigenvalue weighted by atomic mass is 16.5. The molecule has 0 amide bonds. The SMILES string of the molecule is Cc1ccc(-c2nc(C(C)(O)CCC(=O)c3ccc4c(c3)OCCN4CCO)cc3c2OCC3(C)N)cc1. The van der Waals surface area contributed by atoms with E-state index < -0.39 is 11.1 Å². The zero-order chi connectivity index (χ0) is 27.1. The second-order valence-corrected chi connectivity index (χ2v) is 10.7. The van der Waals surface area contributed by atoms with Crippen LogP contribution in [0.1, 0.15) is 53.9 Å². The number of rotatable bonds is 8. The lowest BCUT2D eigenvalue weighted by molar-refractivity contribution is 0.0396. The van der Waals surface area contributed by atoms with Crippen molar-refractivity contribution in [2.24, 2.45) is 5.73 Å². The van der Waals surface area contributed by atoms with Gasteiger partial charge in [-0.3, -0.25) is 4.79 Å². The van der Waals surface area contributed by atoms with E-state index in [0.717, 1.165) is 22.4 Å². The Hall–Kier alpha value is -3.46. The van der Waals surface area contributed by atoms with Gasteiger partial charge in [0.25, 0.3) is 0 Å². The van der Waals surface area contributed by atoms with E-state index in [1.165, 1.54) is 0 Å². The zero-order valence-electron chi connectivity index (χ0n) is 22.2. The maximum atomic E-state index is 13.1. The Labute approximate surface area is 223 Å². The molecular formula is C30H35N3O5. The molecular weight excluding hydrogens is 482 g/mol. The number of Topliss-reactive ketones (excluding diaryl/α,β-unsaturated/α-hetero) is 1. The average Bonchev–Trinajstić information content (AvgIpc) is 3.21. The Balaban J connectivity index is 1.39. The number of hydrogen-bond donors (Lipinski definition) is 3. The molecule has 38 heavy (non-hydrogen) atoms. The quantitative estimate of drug-likeness (QED) is 0.387. The first-order valence-electron chi connectivity index (χ1n) is 13.0. The van der Waals surface area contributed by atoms with Gasteiger partial charge in [0.2, 0.25) is 0 Å². The number of nitrogens with zero attached hydrogens (tertiary/aromatic N) is 2. The van der Waals surface area contributed by atoms with Crippen LogP contribution in [0.5, 0.6) is 11.5 Å². The van der Waals surface area contributed by atoms with Gasteiger partial charge in [0, 0.05) is 29.7 Å². The lowest BCUT2D eigenvalue weighted by Crippen LogP contribution is -2.35. The highest BCUT2D eigenvalue weighted by Crippen LogP contribution is 2.44. The molecule has 0 aliphatic carbocycles. The predicted octanol–water partition coefficient (Wildman–Crippen LogP) is 3.69. The van der Waals surface area contributed by atoms with Crippen LogP contribution < -0.4 is 20.1 Å². The van der Waals surface area contributed by atoms with Crippen molar-refractivity contribution in [1.29, 1.82) is 0 Å². The monoisotopic (exact) mass is 517 g/mol. The number of β-amino-alcohol motifs (C(OH)–C–C–N with tert-alkyl or cyclic N) is 1. The van der Waals surface area contributed by atoms with Crippen molar-refractivity contribution in [1.82, 2.24) is 4.98 Å². The van der Waals surface area contributed by atoms with Crippen molar-refractivity contribution >= 4 is 11.5 Å². The number of ketones is 1. The van der Waals surface area contributed by atoms with E-state index >= 15 is 0 Å². The lowest BCUT2D eigenvalue weighted by atomic mass is 9.88. The third-order valence-electron chi connectivity index (χ3n) is 7.43. The summed E-state index contributed by atoms with van der Waals surface area (Å²) in [5, 5.41) is 20.9. The van der Waals surface area contributed by atoms with Crippen molar-refractivity contribution in [3.05, 3.63) is 70.9 Å². The van der Waals surface area contributed by atoms with Crippen molar-refractivity contribution in [3.8, 4) is 22.8 Å². The first kappa shape index (κ1) is 26.2. The number of hydrogen-bond acceptors (Lipinski definition) is 8. The van der Waals surface area contributed by atoms with Gasteiger partial charge in [-0.05, 0) is 51.5 Å². The average molecular weight is 518 g/mol. The molecule has 2 atom stereocenters. The molecule has 8 nitrogen and oxygen atoms in total. The largest absolute Gasteiger partial charge is 0.490 e. The van der Waals surface area contributed by atoms with Crippen molar-refractivity contribution in [3.63, 3.8) is 0 Å². The van der Waals surface area contributed by atoms with Crippen LogP contribution in [0.4, 0.5) is 5.69 Å². The van der Waals surface area contributed by atoms with E-state index in [9.17, 15) is 15.0 Å². The Morgan fingerprint density at radius 1 is 1.18 bits per heavy atom. The second-order valence-electron chi connectivity index (χ2n) is 10.7. The lowest BCUT2D eigenvalue weighted by Gasteiger charge is -2.31. The number of aromatic nitrogens is 1. The summed E-state index contributed by atoms with van der Waals surface area (Å²) in [5.74, 6) is 1.18. The Kier molecular flexibility index (Phi) is 6.90. The van der Waals surface area contributed by atoms with Gasteiger partial charge in [0.15, 0.2) is 11.5 Å². The molecule has 5 rings (SSSR count). The van der Waals surface area contributed by atoms with Crippen LogP contribution in [-0.2, 0) is 11.1 Å². The maximum absolute atomic E-state index is 13.1. The van der Waals surface area contributed by atoms with E-state index in [1.807, 2.05) is 55.1 Å². The minimum Gasteiger partial charge on any atom is -0.490 e. The molecule has 200 valence electrons. The number of nitrogens with two attached hydrogens (primary N) is 1. The molecule has 0 saturated heterocycles. The number of fused-ring (bicyclic) bond motifs is 2. The minimum atomic E-state index is -1.37. The van der Waals surface area contributed by atoms with E-state index in [4.69, 9.17) is 20.2 Å². The van der Waals surface area contributed by atoms with E-state index in [2.05, 4.69) is 0 Å². The van der Waals surface area contributed by atoms with Crippen LogP contribution in [0, 0.1) is 6.92 Å². The van der Waals surface area contributed by atoms with Crippen LogP contribution in [0.15, 0.2) is 48.5 Å². The summed E-state index contributed by atoms with van der Waals surface area (Å²) in [4.78, 5) is 20.0. The van der Waals surface area contributed by atoms with E-state index in [1.54, 1.807) is 19.1 Å². The number of ether oxygens (including phenoxy) is 2. The number of pyridine rings is 1. The van der Waals surface area contributed by atoms with Crippen LogP contribution in [0.25, 0.3) is 11.3 Å². The Morgan fingerprint density at radius 3 is 2.68 bits per heavy atom.